The van der Waals surface area contributed by atoms with Gasteiger partial charge in [0.05, 0.1) is 0 Å². The van der Waals surface area contributed by atoms with Crippen molar-refractivity contribution in [2.75, 3.05) is 13.1 Å². The number of para-hydroxylation sites is 2. The Morgan fingerprint density at radius 3 is 1.00 bits per heavy atom. The Morgan fingerprint density at radius 1 is 0.516 bits per heavy atom. The summed E-state index contributed by atoms with van der Waals surface area (Å²) in [6.07, 6.45) is 0.980. The van der Waals surface area contributed by atoms with E-state index < -0.39 is 0 Å². The minimum absolute atomic E-state index is 0. The van der Waals surface area contributed by atoms with Gasteiger partial charge in [-0.15, -0.1) is 24.5 Å². The maximum Gasteiger partial charge on any atom is 1.00 e. The van der Waals surface area contributed by atoms with E-state index >= 15 is 0 Å². The fourth-order valence-corrected chi connectivity index (χ4v) is 3.84. The van der Waals surface area contributed by atoms with Crippen molar-refractivity contribution in [1.82, 2.24) is 0 Å². The second-order valence-electron chi connectivity index (χ2n) is 9.31. The van der Waals surface area contributed by atoms with Gasteiger partial charge in [-0.1, -0.05) is 120 Å². The molecule has 0 aliphatic heterocycles. The zero-order chi connectivity index (χ0) is 21.6. The van der Waals surface area contributed by atoms with Gasteiger partial charge in [0, 0.05) is 0 Å². The molecule has 2 rings (SSSR count). The Labute approximate surface area is 277 Å². The van der Waals surface area contributed by atoms with Crippen molar-refractivity contribution >= 4 is 11.4 Å². The molecule has 0 aliphatic rings. The van der Waals surface area contributed by atoms with Gasteiger partial charge in [-0.2, -0.15) is 0 Å². The van der Waals surface area contributed by atoms with Gasteiger partial charge in [0.15, 0.2) is 0 Å². The molecule has 2 nitrogen and oxygen atoms in total. The smallest absolute Gasteiger partial charge is 0.684 e. The minimum Gasteiger partial charge on any atom is -0.684 e. The van der Waals surface area contributed by atoms with Crippen LogP contribution in [0.5, 0.6) is 0 Å². The molecule has 160 valence electrons. The first-order valence-corrected chi connectivity index (χ1v) is 11.3. The van der Waals surface area contributed by atoms with Crippen LogP contribution in [0, 0.1) is 0 Å². The standard InChI is InChI=1S/C27H40N2.2K/c1-18(2)22-12-9-13-23(19(3)4)26(22)28-16-11-17-29-27-24(20(5)6)14-10-15-25(27)21(7)8;;/h9-10,12-15,18-21H,11,16-17H2,1-8H3;;/q-2;2*+1. The van der Waals surface area contributed by atoms with Crippen LogP contribution in [0.25, 0.3) is 10.6 Å². The molecule has 0 heterocycles. The Bertz CT molecular complexity index is 665. The molecule has 31 heavy (non-hydrogen) atoms. The van der Waals surface area contributed by atoms with Gasteiger partial charge in [-0.3, -0.25) is 0 Å². The van der Waals surface area contributed by atoms with Gasteiger partial charge in [0.2, 0.25) is 0 Å². The zero-order valence-corrected chi connectivity index (χ0v) is 28.0. The second-order valence-corrected chi connectivity index (χ2v) is 9.31. The van der Waals surface area contributed by atoms with E-state index in [0.29, 0.717) is 23.7 Å². The summed E-state index contributed by atoms with van der Waals surface area (Å²) in [5.41, 5.74) is 7.87. The molecule has 4 heteroatoms. The van der Waals surface area contributed by atoms with Crippen LogP contribution in [0.3, 0.4) is 0 Å². The summed E-state index contributed by atoms with van der Waals surface area (Å²) in [6, 6.07) is 13.3. The predicted molar refractivity (Wildman–Crippen MR) is 130 cm³/mol. The Hall–Kier alpha value is 1.31. The van der Waals surface area contributed by atoms with E-state index in [4.69, 9.17) is 10.6 Å². The summed E-state index contributed by atoms with van der Waals surface area (Å²) in [6.45, 7) is 19.7. The molecule has 0 N–H and O–H groups in total. The molecule has 0 atom stereocenters. The van der Waals surface area contributed by atoms with Crippen molar-refractivity contribution in [2.24, 2.45) is 0 Å². The number of nitrogens with zero attached hydrogens (tertiary/aromatic N) is 2. The molecule has 0 bridgehead atoms. The van der Waals surface area contributed by atoms with E-state index in [-0.39, 0.29) is 103 Å². The summed E-state index contributed by atoms with van der Waals surface area (Å²) in [4.78, 5) is 0. The van der Waals surface area contributed by atoms with Gasteiger partial charge < -0.3 is 10.6 Å². The molecule has 2 aromatic rings. The SMILES string of the molecule is CC(C)c1cccc(C(C)C)c1[N-]CCC[N-]c1c(C(C)C)cccc1C(C)C.[K+].[K+]. The normalized spacial score (nSPS) is 11.0. The van der Waals surface area contributed by atoms with Gasteiger partial charge in [0.1, 0.15) is 0 Å². The molecule has 0 amide bonds. The van der Waals surface area contributed by atoms with Crippen molar-refractivity contribution in [2.45, 2.75) is 85.5 Å². The topological polar surface area (TPSA) is 28.2 Å². The molecule has 0 saturated carbocycles. The molecular weight excluding hydrogens is 431 g/mol. The van der Waals surface area contributed by atoms with Crippen molar-refractivity contribution < 1.29 is 103 Å². The maximum absolute atomic E-state index is 5.03. The quantitative estimate of drug-likeness (QED) is 0.377. The molecule has 0 aliphatic carbocycles. The van der Waals surface area contributed by atoms with Crippen molar-refractivity contribution in [3.05, 3.63) is 69.3 Å². The van der Waals surface area contributed by atoms with E-state index in [2.05, 4.69) is 91.8 Å². The van der Waals surface area contributed by atoms with E-state index in [0.717, 1.165) is 19.5 Å². The van der Waals surface area contributed by atoms with Crippen LogP contribution >= 0.6 is 0 Å². The van der Waals surface area contributed by atoms with Gasteiger partial charge >= 0.3 is 103 Å². The van der Waals surface area contributed by atoms with Crippen LogP contribution < -0.4 is 103 Å². The van der Waals surface area contributed by atoms with Crippen LogP contribution in [0.4, 0.5) is 11.4 Å². The molecule has 0 fully saturated rings. The predicted octanol–water partition coefficient (Wildman–Crippen LogP) is 3.29. The first-order chi connectivity index (χ1) is 13.7. The van der Waals surface area contributed by atoms with Crippen LogP contribution in [-0.4, -0.2) is 13.1 Å². The summed E-state index contributed by atoms with van der Waals surface area (Å²) in [5.74, 6) is 1.96. The van der Waals surface area contributed by atoms with Gasteiger partial charge in [-0.05, 0) is 23.7 Å². The third-order valence-corrected chi connectivity index (χ3v) is 5.54. The molecule has 0 unspecified atom stereocenters. The number of hydrogen-bond acceptors (Lipinski definition) is 0. The van der Waals surface area contributed by atoms with Crippen LogP contribution in [0.1, 0.15) is 108 Å². The minimum atomic E-state index is 0. The second kappa shape index (κ2) is 16.1. The van der Waals surface area contributed by atoms with Crippen molar-refractivity contribution in [1.29, 1.82) is 0 Å². The van der Waals surface area contributed by atoms with Crippen LogP contribution in [0.2, 0.25) is 0 Å². The number of rotatable bonds is 10. The molecule has 0 spiro atoms. The average molecular weight is 471 g/mol. The maximum atomic E-state index is 5.03. The van der Waals surface area contributed by atoms with Gasteiger partial charge in [-0.25, -0.2) is 0 Å². The zero-order valence-electron chi connectivity index (χ0n) is 21.8. The fourth-order valence-electron chi connectivity index (χ4n) is 3.84. The third-order valence-electron chi connectivity index (χ3n) is 5.54. The van der Waals surface area contributed by atoms with E-state index in [9.17, 15) is 0 Å². The van der Waals surface area contributed by atoms with Crippen molar-refractivity contribution in [3.8, 4) is 0 Å². The Morgan fingerprint density at radius 2 is 0.774 bits per heavy atom. The largest absolute Gasteiger partial charge is 1.00 e. The first kappa shape index (κ1) is 32.3. The van der Waals surface area contributed by atoms with Crippen LogP contribution in [0.15, 0.2) is 36.4 Å². The summed E-state index contributed by atoms with van der Waals surface area (Å²) < 4.78 is 0. The molecule has 0 saturated heterocycles. The van der Waals surface area contributed by atoms with Crippen molar-refractivity contribution in [3.63, 3.8) is 0 Å². The summed E-state index contributed by atoms with van der Waals surface area (Å²) >= 11 is 0. The number of benzene rings is 2. The monoisotopic (exact) mass is 470 g/mol. The number of hydrogen-bond donors (Lipinski definition) is 0. The van der Waals surface area contributed by atoms with E-state index in [1.807, 2.05) is 0 Å². The summed E-state index contributed by atoms with van der Waals surface area (Å²) in [7, 11) is 0. The Kier molecular flexibility index (Phi) is 16.8. The van der Waals surface area contributed by atoms with Gasteiger partial charge in [0.25, 0.3) is 0 Å². The van der Waals surface area contributed by atoms with E-state index in [1.165, 1.54) is 33.6 Å². The molecule has 0 radical (unpaired) electrons. The van der Waals surface area contributed by atoms with E-state index in [1.54, 1.807) is 0 Å². The molecule has 0 aromatic heterocycles. The van der Waals surface area contributed by atoms with Crippen LogP contribution in [-0.2, 0) is 0 Å². The Balaban J connectivity index is 0.00000450. The molecule has 2 aromatic carbocycles. The molecular formula is C27H40K2N2. The third kappa shape index (κ3) is 9.47. The first-order valence-electron chi connectivity index (χ1n) is 11.3. The fraction of sp³-hybridized carbons (Fsp3) is 0.556. The summed E-state index contributed by atoms with van der Waals surface area (Å²) in [5, 5.41) is 10.1. The average Bonchev–Trinajstić information content (AvgIpc) is 2.66.